The van der Waals surface area contributed by atoms with Gasteiger partial charge in [-0.3, -0.25) is 0 Å². The molecule has 0 aliphatic carbocycles. The zero-order chi connectivity index (χ0) is 14.5. The van der Waals surface area contributed by atoms with E-state index in [-0.39, 0.29) is 23.4 Å². The Labute approximate surface area is 117 Å². The molecule has 1 atom stereocenters. The third-order valence-electron chi connectivity index (χ3n) is 3.23. The van der Waals surface area contributed by atoms with Crippen molar-refractivity contribution in [2.45, 2.75) is 19.5 Å². The molecule has 0 saturated carbocycles. The standard InChI is InChI=1S/C16H17F2NO/c1-11(13-7-3-4-8-14(13)17)19-10-12-6-5-9-15(20-2)16(12)18/h3-9,11,19H,10H2,1-2H3. The smallest absolute Gasteiger partial charge is 0.169 e. The van der Waals surface area contributed by atoms with Crippen molar-refractivity contribution < 1.29 is 13.5 Å². The maximum atomic E-state index is 14.0. The van der Waals surface area contributed by atoms with E-state index in [2.05, 4.69) is 5.32 Å². The van der Waals surface area contributed by atoms with Gasteiger partial charge in [-0.2, -0.15) is 0 Å². The number of methoxy groups -OCH3 is 1. The minimum atomic E-state index is -0.386. The Balaban J connectivity index is 2.08. The molecule has 0 amide bonds. The van der Waals surface area contributed by atoms with Gasteiger partial charge in [-0.05, 0) is 19.1 Å². The molecule has 2 aromatic carbocycles. The minimum Gasteiger partial charge on any atom is -0.494 e. The van der Waals surface area contributed by atoms with Gasteiger partial charge >= 0.3 is 0 Å². The largest absolute Gasteiger partial charge is 0.494 e. The molecule has 0 fully saturated rings. The highest BCUT2D eigenvalue weighted by atomic mass is 19.1. The second-order valence-corrected chi connectivity index (χ2v) is 4.56. The molecule has 0 aliphatic rings. The van der Waals surface area contributed by atoms with Crippen LogP contribution in [0.25, 0.3) is 0 Å². The van der Waals surface area contributed by atoms with Crippen molar-refractivity contribution in [2.24, 2.45) is 0 Å². The summed E-state index contributed by atoms with van der Waals surface area (Å²) in [5.74, 6) is -0.440. The second kappa shape index (κ2) is 6.48. The van der Waals surface area contributed by atoms with Crippen molar-refractivity contribution in [1.29, 1.82) is 0 Å². The first kappa shape index (κ1) is 14.5. The molecule has 1 unspecified atom stereocenters. The number of nitrogens with one attached hydrogen (secondary N) is 1. The van der Waals surface area contributed by atoms with Crippen molar-refractivity contribution in [1.82, 2.24) is 5.32 Å². The quantitative estimate of drug-likeness (QED) is 0.897. The lowest BCUT2D eigenvalue weighted by Gasteiger charge is -2.16. The van der Waals surface area contributed by atoms with Crippen molar-refractivity contribution in [2.75, 3.05) is 7.11 Å². The number of ether oxygens (including phenoxy) is 1. The molecule has 2 rings (SSSR count). The summed E-state index contributed by atoms with van der Waals surface area (Å²) in [4.78, 5) is 0. The lowest BCUT2D eigenvalue weighted by Crippen LogP contribution is -2.19. The maximum Gasteiger partial charge on any atom is 0.169 e. The van der Waals surface area contributed by atoms with Crippen LogP contribution in [-0.4, -0.2) is 7.11 Å². The fraction of sp³-hybridized carbons (Fsp3) is 0.250. The van der Waals surface area contributed by atoms with Crippen LogP contribution in [-0.2, 0) is 6.54 Å². The topological polar surface area (TPSA) is 21.3 Å². The van der Waals surface area contributed by atoms with Gasteiger partial charge in [0.1, 0.15) is 5.82 Å². The van der Waals surface area contributed by atoms with Gasteiger partial charge in [-0.1, -0.05) is 30.3 Å². The van der Waals surface area contributed by atoms with Crippen LogP contribution < -0.4 is 10.1 Å². The van der Waals surface area contributed by atoms with Crippen LogP contribution in [0.15, 0.2) is 42.5 Å². The Kier molecular flexibility index (Phi) is 4.69. The van der Waals surface area contributed by atoms with E-state index in [9.17, 15) is 8.78 Å². The van der Waals surface area contributed by atoms with Crippen LogP contribution in [0.1, 0.15) is 24.1 Å². The number of benzene rings is 2. The summed E-state index contributed by atoms with van der Waals surface area (Å²) in [5.41, 5.74) is 1.06. The molecule has 0 bridgehead atoms. The number of hydrogen-bond acceptors (Lipinski definition) is 2. The fourth-order valence-electron chi connectivity index (χ4n) is 2.05. The molecule has 2 nitrogen and oxygen atoms in total. The van der Waals surface area contributed by atoms with Crippen LogP contribution >= 0.6 is 0 Å². The fourth-order valence-corrected chi connectivity index (χ4v) is 2.05. The third-order valence-corrected chi connectivity index (χ3v) is 3.23. The van der Waals surface area contributed by atoms with E-state index in [1.54, 1.807) is 36.4 Å². The van der Waals surface area contributed by atoms with Crippen molar-refractivity contribution in [3.05, 3.63) is 65.2 Å². The SMILES string of the molecule is COc1cccc(CNC(C)c2ccccc2F)c1F. The summed E-state index contributed by atoms with van der Waals surface area (Å²) in [7, 11) is 1.43. The molecule has 0 heterocycles. The Morgan fingerprint density at radius 1 is 1.10 bits per heavy atom. The molecule has 20 heavy (non-hydrogen) atoms. The Hall–Kier alpha value is -1.94. The zero-order valence-corrected chi connectivity index (χ0v) is 11.5. The predicted molar refractivity (Wildman–Crippen MR) is 74.6 cm³/mol. The highest BCUT2D eigenvalue weighted by Crippen LogP contribution is 2.21. The van der Waals surface area contributed by atoms with Crippen LogP contribution in [0.4, 0.5) is 8.78 Å². The molecule has 0 radical (unpaired) electrons. The van der Waals surface area contributed by atoms with E-state index in [4.69, 9.17) is 4.74 Å². The maximum absolute atomic E-state index is 14.0. The molecule has 106 valence electrons. The highest BCUT2D eigenvalue weighted by molar-refractivity contribution is 5.31. The highest BCUT2D eigenvalue weighted by Gasteiger charge is 2.12. The molecule has 1 N–H and O–H groups in total. The van der Waals surface area contributed by atoms with Gasteiger partial charge in [0.15, 0.2) is 11.6 Å². The minimum absolute atomic E-state index is 0.207. The second-order valence-electron chi connectivity index (χ2n) is 4.56. The molecular formula is C16H17F2NO. The van der Waals surface area contributed by atoms with Gasteiger partial charge in [-0.15, -0.1) is 0 Å². The van der Waals surface area contributed by atoms with E-state index >= 15 is 0 Å². The number of halogens is 2. The predicted octanol–water partition coefficient (Wildman–Crippen LogP) is 3.82. The molecule has 0 aliphatic heterocycles. The zero-order valence-electron chi connectivity index (χ0n) is 11.5. The van der Waals surface area contributed by atoms with Gasteiger partial charge in [0.2, 0.25) is 0 Å². The summed E-state index contributed by atoms with van der Waals surface area (Å²) in [6, 6.07) is 11.3. The summed E-state index contributed by atoms with van der Waals surface area (Å²) >= 11 is 0. The van der Waals surface area contributed by atoms with Crippen LogP contribution in [0.2, 0.25) is 0 Å². The Morgan fingerprint density at radius 2 is 1.85 bits per heavy atom. The molecule has 0 spiro atoms. The molecular weight excluding hydrogens is 260 g/mol. The summed E-state index contributed by atoms with van der Waals surface area (Å²) < 4.78 is 32.5. The first-order chi connectivity index (χ1) is 9.63. The molecule has 4 heteroatoms. The Bertz CT molecular complexity index is 586. The van der Waals surface area contributed by atoms with Gasteiger partial charge in [0.25, 0.3) is 0 Å². The van der Waals surface area contributed by atoms with E-state index in [1.165, 1.54) is 13.2 Å². The molecule has 0 aromatic heterocycles. The van der Waals surface area contributed by atoms with Crippen molar-refractivity contribution in [3.63, 3.8) is 0 Å². The van der Waals surface area contributed by atoms with Crippen LogP contribution in [0.5, 0.6) is 5.75 Å². The lowest BCUT2D eigenvalue weighted by molar-refractivity contribution is 0.382. The average molecular weight is 277 g/mol. The van der Waals surface area contributed by atoms with Crippen molar-refractivity contribution >= 4 is 0 Å². The lowest BCUT2D eigenvalue weighted by atomic mass is 10.1. The third kappa shape index (κ3) is 3.14. The van der Waals surface area contributed by atoms with Gasteiger partial charge in [-0.25, -0.2) is 8.78 Å². The summed E-state index contributed by atoms with van der Waals surface area (Å²) in [6.07, 6.45) is 0. The van der Waals surface area contributed by atoms with Crippen LogP contribution in [0.3, 0.4) is 0 Å². The van der Waals surface area contributed by atoms with Crippen LogP contribution in [0, 0.1) is 11.6 Å². The van der Waals surface area contributed by atoms with E-state index in [1.807, 2.05) is 6.92 Å². The number of rotatable bonds is 5. The first-order valence-electron chi connectivity index (χ1n) is 6.42. The summed E-state index contributed by atoms with van der Waals surface area (Å²) in [5, 5.41) is 3.11. The normalized spacial score (nSPS) is 12.2. The van der Waals surface area contributed by atoms with Crippen molar-refractivity contribution in [3.8, 4) is 5.75 Å². The summed E-state index contributed by atoms with van der Waals surface area (Å²) in [6.45, 7) is 2.15. The van der Waals surface area contributed by atoms with E-state index in [0.717, 1.165) is 0 Å². The van der Waals surface area contributed by atoms with E-state index in [0.29, 0.717) is 17.7 Å². The average Bonchev–Trinajstić information content (AvgIpc) is 2.46. The number of hydrogen-bond donors (Lipinski definition) is 1. The Morgan fingerprint density at radius 3 is 2.55 bits per heavy atom. The molecule has 0 saturated heterocycles. The first-order valence-corrected chi connectivity index (χ1v) is 6.42. The molecule has 2 aromatic rings. The monoisotopic (exact) mass is 277 g/mol. The van der Waals surface area contributed by atoms with Gasteiger partial charge in [0.05, 0.1) is 7.11 Å². The van der Waals surface area contributed by atoms with E-state index < -0.39 is 0 Å². The van der Waals surface area contributed by atoms with Gasteiger partial charge < -0.3 is 10.1 Å². The van der Waals surface area contributed by atoms with Gasteiger partial charge in [0, 0.05) is 23.7 Å².